The van der Waals surface area contributed by atoms with Crippen molar-refractivity contribution in [3.63, 3.8) is 0 Å². The minimum atomic E-state index is -0.714. The lowest BCUT2D eigenvalue weighted by Gasteiger charge is -2.06. The third-order valence-electron chi connectivity index (χ3n) is 1.61. The van der Waals surface area contributed by atoms with E-state index in [2.05, 4.69) is 10.3 Å². The molecule has 0 amide bonds. The van der Waals surface area contributed by atoms with Crippen molar-refractivity contribution in [2.24, 2.45) is 0 Å². The number of aromatic nitrogens is 1. The van der Waals surface area contributed by atoms with Crippen LogP contribution >= 0.6 is 11.3 Å². The number of aliphatic hydroxyl groups excluding tert-OH is 2. The summed E-state index contributed by atoms with van der Waals surface area (Å²) >= 11 is 1.51. The van der Waals surface area contributed by atoms with E-state index < -0.39 is 6.10 Å². The van der Waals surface area contributed by atoms with Crippen molar-refractivity contribution < 1.29 is 10.2 Å². The van der Waals surface area contributed by atoms with E-state index in [1.54, 1.807) is 0 Å². The number of hydrogen-bond donors (Lipinski definition) is 3. The molecule has 1 aromatic heterocycles. The van der Waals surface area contributed by atoms with Gasteiger partial charge in [-0.25, -0.2) is 4.98 Å². The van der Waals surface area contributed by atoms with Crippen LogP contribution in [-0.4, -0.2) is 34.5 Å². The molecule has 1 atom stereocenters. The molecule has 1 rings (SSSR count). The lowest BCUT2D eigenvalue weighted by atomic mass is 10.4. The van der Waals surface area contributed by atoms with E-state index >= 15 is 0 Å². The van der Waals surface area contributed by atoms with E-state index in [1.807, 2.05) is 12.3 Å². The predicted octanol–water partition coefficient (Wildman–Crippen LogP) is 0.471. The molecule has 3 N–H and O–H groups in total. The average molecular weight is 202 g/mol. The van der Waals surface area contributed by atoms with E-state index in [4.69, 9.17) is 10.2 Å². The van der Waals surface area contributed by atoms with E-state index in [-0.39, 0.29) is 6.61 Å². The zero-order valence-corrected chi connectivity index (χ0v) is 8.34. The van der Waals surface area contributed by atoms with Gasteiger partial charge >= 0.3 is 0 Å². The van der Waals surface area contributed by atoms with Crippen molar-refractivity contribution in [2.75, 3.05) is 18.5 Å². The van der Waals surface area contributed by atoms with Crippen LogP contribution in [0.1, 0.15) is 12.6 Å². The Hall–Kier alpha value is -0.650. The summed E-state index contributed by atoms with van der Waals surface area (Å²) in [5.41, 5.74) is 1.05. The van der Waals surface area contributed by atoms with Crippen molar-refractivity contribution >= 4 is 16.5 Å². The number of aliphatic hydroxyl groups is 2. The fourth-order valence-corrected chi connectivity index (χ4v) is 1.62. The van der Waals surface area contributed by atoms with Gasteiger partial charge in [0.1, 0.15) is 0 Å². The standard InChI is InChI=1S/C8H14N2O2S/c1-2-6-5-13-8(10-6)9-3-7(12)4-11/h5,7,11-12H,2-4H2,1H3,(H,9,10)/t7-/m1/s1. The molecule has 74 valence electrons. The predicted molar refractivity (Wildman–Crippen MR) is 53.1 cm³/mol. The minimum absolute atomic E-state index is 0.223. The summed E-state index contributed by atoms with van der Waals surface area (Å²) in [6, 6.07) is 0. The first-order chi connectivity index (χ1) is 6.26. The normalized spacial score (nSPS) is 12.8. The maximum absolute atomic E-state index is 9.05. The van der Waals surface area contributed by atoms with Gasteiger partial charge < -0.3 is 15.5 Å². The van der Waals surface area contributed by atoms with Gasteiger partial charge in [-0.05, 0) is 6.42 Å². The fraction of sp³-hybridized carbons (Fsp3) is 0.625. The number of anilines is 1. The second-order valence-corrected chi connectivity index (χ2v) is 3.57. The molecule has 1 heterocycles. The number of nitrogens with zero attached hydrogens (tertiary/aromatic N) is 1. The Morgan fingerprint density at radius 2 is 2.46 bits per heavy atom. The van der Waals surface area contributed by atoms with Gasteiger partial charge in [-0.1, -0.05) is 6.92 Å². The largest absolute Gasteiger partial charge is 0.394 e. The monoisotopic (exact) mass is 202 g/mol. The molecule has 1 aromatic rings. The van der Waals surface area contributed by atoms with Crippen LogP contribution in [0.5, 0.6) is 0 Å². The zero-order chi connectivity index (χ0) is 9.68. The van der Waals surface area contributed by atoms with Crippen LogP contribution < -0.4 is 5.32 Å². The van der Waals surface area contributed by atoms with Crippen LogP contribution in [0.3, 0.4) is 0 Å². The van der Waals surface area contributed by atoms with Gasteiger partial charge in [0.2, 0.25) is 0 Å². The van der Waals surface area contributed by atoms with Crippen LogP contribution in [0.15, 0.2) is 5.38 Å². The molecular formula is C8H14N2O2S. The Morgan fingerprint density at radius 3 is 3.00 bits per heavy atom. The number of nitrogens with one attached hydrogen (secondary N) is 1. The molecule has 0 fully saturated rings. The van der Waals surface area contributed by atoms with Gasteiger partial charge in [0, 0.05) is 11.9 Å². The lowest BCUT2D eigenvalue weighted by molar-refractivity contribution is 0.105. The molecule has 4 nitrogen and oxygen atoms in total. The smallest absolute Gasteiger partial charge is 0.182 e. The van der Waals surface area contributed by atoms with Crippen LogP contribution in [0, 0.1) is 0 Å². The summed E-state index contributed by atoms with van der Waals surface area (Å²) in [7, 11) is 0. The number of rotatable bonds is 5. The first-order valence-corrected chi connectivity index (χ1v) is 5.11. The Kier molecular flexibility index (Phi) is 4.14. The molecule has 0 saturated carbocycles. The van der Waals surface area contributed by atoms with Gasteiger partial charge in [-0.3, -0.25) is 0 Å². The second kappa shape index (κ2) is 5.16. The summed E-state index contributed by atoms with van der Waals surface area (Å²) in [6.45, 7) is 2.16. The number of aryl methyl sites for hydroxylation is 1. The van der Waals surface area contributed by atoms with Crippen molar-refractivity contribution in [1.82, 2.24) is 4.98 Å². The molecule has 0 aliphatic carbocycles. The molecule has 0 aliphatic heterocycles. The average Bonchev–Trinajstić information content (AvgIpc) is 2.61. The molecule has 0 radical (unpaired) electrons. The third-order valence-corrected chi connectivity index (χ3v) is 2.46. The second-order valence-electron chi connectivity index (χ2n) is 2.71. The lowest BCUT2D eigenvalue weighted by Crippen LogP contribution is -2.22. The summed E-state index contributed by atoms with van der Waals surface area (Å²) in [5, 5.41) is 23.3. The number of thiazole rings is 1. The molecule has 0 saturated heterocycles. The van der Waals surface area contributed by atoms with Crippen LogP contribution in [0.25, 0.3) is 0 Å². The molecule has 0 aromatic carbocycles. The molecule has 0 spiro atoms. The van der Waals surface area contributed by atoms with Gasteiger partial charge in [0.15, 0.2) is 5.13 Å². The van der Waals surface area contributed by atoms with Gasteiger partial charge in [0.25, 0.3) is 0 Å². The van der Waals surface area contributed by atoms with Gasteiger partial charge in [-0.15, -0.1) is 11.3 Å². The van der Waals surface area contributed by atoms with Crippen LogP contribution in [0.2, 0.25) is 0 Å². The SMILES string of the molecule is CCc1csc(NC[C@@H](O)CO)n1. The third kappa shape index (κ3) is 3.30. The maximum Gasteiger partial charge on any atom is 0.182 e. The highest BCUT2D eigenvalue weighted by Gasteiger charge is 2.03. The summed E-state index contributed by atoms with van der Waals surface area (Å²) in [6.07, 6.45) is 0.203. The zero-order valence-electron chi connectivity index (χ0n) is 7.53. The van der Waals surface area contributed by atoms with E-state index in [0.717, 1.165) is 17.2 Å². The Balaban J connectivity index is 2.36. The molecular weight excluding hydrogens is 188 g/mol. The summed E-state index contributed by atoms with van der Waals surface area (Å²) < 4.78 is 0. The Labute approximate surface area is 81.3 Å². The first-order valence-electron chi connectivity index (χ1n) is 4.23. The summed E-state index contributed by atoms with van der Waals surface area (Å²) in [4.78, 5) is 4.25. The van der Waals surface area contributed by atoms with Crippen molar-refractivity contribution in [2.45, 2.75) is 19.4 Å². The molecule has 5 heteroatoms. The Bertz CT molecular complexity index is 252. The van der Waals surface area contributed by atoms with Gasteiger partial charge in [0.05, 0.1) is 18.4 Å². The number of hydrogen-bond acceptors (Lipinski definition) is 5. The molecule has 13 heavy (non-hydrogen) atoms. The molecule has 0 bridgehead atoms. The topological polar surface area (TPSA) is 65.4 Å². The van der Waals surface area contributed by atoms with Crippen molar-refractivity contribution in [3.8, 4) is 0 Å². The van der Waals surface area contributed by atoms with E-state index in [9.17, 15) is 0 Å². The van der Waals surface area contributed by atoms with Crippen molar-refractivity contribution in [1.29, 1.82) is 0 Å². The van der Waals surface area contributed by atoms with Crippen LogP contribution in [-0.2, 0) is 6.42 Å². The highest BCUT2D eigenvalue weighted by Crippen LogP contribution is 2.15. The minimum Gasteiger partial charge on any atom is -0.394 e. The van der Waals surface area contributed by atoms with Gasteiger partial charge in [-0.2, -0.15) is 0 Å². The first kappa shape index (κ1) is 10.4. The van der Waals surface area contributed by atoms with E-state index in [0.29, 0.717) is 6.54 Å². The van der Waals surface area contributed by atoms with Crippen LogP contribution in [0.4, 0.5) is 5.13 Å². The highest BCUT2D eigenvalue weighted by molar-refractivity contribution is 7.13. The molecule has 0 aliphatic rings. The maximum atomic E-state index is 9.05. The van der Waals surface area contributed by atoms with E-state index in [1.165, 1.54) is 11.3 Å². The Morgan fingerprint density at radius 1 is 1.69 bits per heavy atom. The summed E-state index contributed by atoms with van der Waals surface area (Å²) in [5.74, 6) is 0. The molecule has 0 unspecified atom stereocenters. The fourth-order valence-electron chi connectivity index (χ4n) is 0.820. The quantitative estimate of drug-likeness (QED) is 0.649. The highest BCUT2D eigenvalue weighted by atomic mass is 32.1. The van der Waals surface area contributed by atoms with Crippen molar-refractivity contribution in [3.05, 3.63) is 11.1 Å².